The van der Waals surface area contributed by atoms with Crippen molar-refractivity contribution in [3.05, 3.63) is 131 Å². The Balaban J connectivity index is 1.16. The molecule has 0 spiro atoms. The third-order valence-electron chi connectivity index (χ3n) is 6.23. The van der Waals surface area contributed by atoms with E-state index in [9.17, 15) is 19.8 Å². The second-order valence-corrected chi connectivity index (χ2v) is 9.59. The number of carbonyl (C=O) groups excluding carboxylic acids is 2. The summed E-state index contributed by atoms with van der Waals surface area (Å²) in [5.74, 6) is 0.977. The molecule has 0 aromatic heterocycles. The van der Waals surface area contributed by atoms with Gasteiger partial charge in [0.05, 0.1) is 0 Å². The summed E-state index contributed by atoms with van der Waals surface area (Å²) in [6, 6.07) is 31.8. The van der Waals surface area contributed by atoms with Crippen LogP contribution in [-0.4, -0.2) is 72.2 Å². The van der Waals surface area contributed by atoms with Crippen molar-refractivity contribution in [2.45, 2.75) is 12.2 Å². The van der Waals surface area contributed by atoms with E-state index in [1.165, 1.54) is 0 Å². The maximum atomic E-state index is 12.5. The Morgan fingerprint density at radius 3 is 1.25 bits per heavy atom. The molecule has 4 aromatic carbocycles. The number of hydrogen-bond acceptors (Lipinski definition) is 7. The fourth-order valence-electron chi connectivity index (χ4n) is 4.20. The molecule has 0 radical (unpaired) electrons. The van der Waals surface area contributed by atoms with Crippen LogP contribution in [0, 0.1) is 0 Å². The first-order valence-corrected chi connectivity index (χ1v) is 13.1. The van der Waals surface area contributed by atoms with Gasteiger partial charge in [-0.05, 0) is 55.6 Å². The van der Waals surface area contributed by atoms with Gasteiger partial charge in [-0.3, -0.25) is 9.59 Å². The molecule has 4 rings (SSSR count). The minimum absolute atomic E-state index is 0.0634. The van der Waals surface area contributed by atoms with Gasteiger partial charge in [-0.25, -0.2) is 0 Å². The SMILES string of the molecule is CN(CC(O)COc1ccc(C(=O)c2ccccc2)cc1)CC(O)COc1ccc(C(=O)c2ccccc2)cc1. The summed E-state index contributed by atoms with van der Waals surface area (Å²) < 4.78 is 11.3. The summed E-state index contributed by atoms with van der Waals surface area (Å²) in [4.78, 5) is 26.8. The van der Waals surface area contributed by atoms with E-state index < -0.39 is 12.2 Å². The van der Waals surface area contributed by atoms with Crippen LogP contribution in [0.3, 0.4) is 0 Å². The van der Waals surface area contributed by atoms with Gasteiger partial charge in [0.1, 0.15) is 36.9 Å². The first-order valence-electron chi connectivity index (χ1n) is 13.1. The monoisotopic (exact) mass is 539 g/mol. The predicted octanol–water partition coefficient (Wildman–Crippen LogP) is 4.26. The van der Waals surface area contributed by atoms with Crippen molar-refractivity contribution >= 4 is 11.6 Å². The molecule has 2 N–H and O–H groups in total. The van der Waals surface area contributed by atoms with Crippen molar-refractivity contribution in [2.75, 3.05) is 33.4 Å². The molecule has 0 aliphatic carbocycles. The van der Waals surface area contributed by atoms with E-state index >= 15 is 0 Å². The van der Waals surface area contributed by atoms with Gasteiger partial charge < -0.3 is 24.6 Å². The van der Waals surface area contributed by atoms with Gasteiger partial charge in [0.2, 0.25) is 0 Å². The number of rotatable bonds is 14. The van der Waals surface area contributed by atoms with Crippen LogP contribution in [-0.2, 0) is 0 Å². The predicted molar refractivity (Wildman–Crippen MR) is 153 cm³/mol. The number of likely N-dealkylation sites (N-methyl/N-ethyl adjacent to an activating group) is 1. The zero-order chi connectivity index (χ0) is 28.3. The van der Waals surface area contributed by atoms with Gasteiger partial charge in [-0.1, -0.05) is 60.7 Å². The molecule has 40 heavy (non-hydrogen) atoms. The van der Waals surface area contributed by atoms with Crippen LogP contribution < -0.4 is 9.47 Å². The molecular weight excluding hydrogens is 506 g/mol. The Morgan fingerprint density at radius 1 is 0.575 bits per heavy atom. The molecule has 206 valence electrons. The minimum Gasteiger partial charge on any atom is -0.491 e. The van der Waals surface area contributed by atoms with Gasteiger partial charge in [-0.15, -0.1) is 0 Å². The van der Waals surface area contributed by atoms with Crippen LogP contribution >= 0.6 is 0 Å². The molecule has 4 aromatic rings. The average molecular weight is 540 g/mol. The Labute approximate surface area is 234 Å². The summed E-state index contributed by atoms with van der Waals surface area (Å²) in [6.07, 6.45) is -1.56. The fraction of sp³-hybridized carbons (Fsp3) is 0.212. The second kappa shape index (κ2) is 14.2. The van der Waals surface area contributed by atoms with E-state index in [2.05, 4.69) is 0 Å². The van der Waals surface area contributed by atoms with Gasteiger partial charge in [0.15, 0.2) is 11.6 Å². The molecule has 0 bridgehead atoms. The quantitative estimate of drug-likeness (QED) is 0.231. The van der Waals surface area contributed by atoms with Crippen LogP contribution in [0.15, 0.2) is 109 Å². The van der Waals surface area contributed by atoms with Crippen LogP contribution in [0.2, 0.25) is 0 Å². The number of benzene rings is 4. The van der Waals surface area contributed by atoms with Crippen molar-refractivity contribution in [2.24, 2.45) is 0 Å². The summed E-state index contributed by atoms with van der Waals surface area (Å²) >= 11 is 0. The molecular formula is C33H33NO6. The molecule has 0 fully saturated rings. The van der Waals surface area contributed by atoms with Crippen molar-refractivity contribution in [1.29, 1.82) is 0 Å². The Hall–Kier alpha value is -4.30. The average Bonchev–Trinajstić information content (AvgIpc) is 2.99. The summed E-state index contributed by atoms with van der Waals surface area (Å²) in [5, 5.41) is 20.8. The van der Waals surface area contributed by atoms with E-state index in [1.54, 1.807) is 84.7 Å². The first kappa shape index (κ1) is 28.7. The number of aliphatic hydroxyl groups excluding tert-OH is 2. The standard InChI is InChI=1S/C33H33NO6/c1-34(20-28(35)22-39-30-16-12-26(13-17-30)32(37)24-8-4-2-5-9-24)21-29(36)23-40-31-18-14-27(15-19-31)33(38)25-10-6-3-7-11-25/h2-19,28-29,35-36H,20-23H2,1H3. The zero-order valence-corrected chi connectivity index (χ0v) is 22.4. The molecule has 7 nitrogen and oxygen atoms in total. The van der Waals surface area contributed by atoms with Crippen molar-refractivity contribution in [3.8, 4) is 11.5 Å². The van der Waals surface area contributed by atoms with Crippen molar-refractivity contribution in [3.63, 3.8) is 0 Å². The Kier molecular flexibility index (Phi) is 10.2. The highest BCUT2D eigenvalue weighted by atomic mass is 16.5. The van der Waals surface area contributed by atoms with Crippen LogP contribution in [0.25, 0.3) is 0 Å². The smallest absolute Gasteiger partial charge is 0.193 e. The molecule has 2 atom stereocenters. The maximum Gasteiger partial charge on any atom is 0.193 e. The summed E-state index contributed by atoms with van der Waals surface area (Å²) in [6.45, 7) is 0.712. The molecule has 0 amide bonds. The largest absolute Gasteiger partial charge is 0.491 e. The lowest BCUT2D eigenvalue weighted by Gasteiger charge is -2.23. The lowest BCUT2D eigenvalue weighted by molar-refractivity contribution is 0.0413. The first-order chi connectivity index (χ1) is 19.4. The Bertz CT molecular complexity index is 1250. The van der Waals surface area contributed by atoms with Crippen molar-refractivity contribution < 1.29 is 29.3 Å². The molecule has 0 aliphatic heterocycles. The van der Waals surface area contributed by atoms with Gasteiger partial charge >= 0.3 is 0 Å². The van der Waals surface area contributed by atoms with E-state index in [1.807, 2.05) is 36.4 Å². The normalized spacial score (nSPS) is 12.5. The number of hydrogen-bond donors (Lipinski definition) is 2. The number of nitrogens with zero attached hydrogens (tertiary/aromatic N) is 1. The number of aliphatic hydroxyl groups is 2. The lowest BCUT2D eigenvalue weighted by atomic mass is 10.0. The highest BCUT2D eigenvalue weighted by Gasteiger charge is 2.15. The van der Waals surface area contributed by atoms with Gasteiger partial charge in [-0.2, -0.15) is 0 Å². The number of ketones is 2. The molecule has 0 heterocycles. The fourth-order valence-corrected chi connectivity index (χ4v) is 4.20. The van der Waals surface area contributed by atoms with E-state index in [4.69, 9.17) is 9.47 Å². The van der Waals surface area contributed by atoms with Crippen LogP contribution in [0.5, 0.6) is 11.5 Å². The van der Waals surface area contributed by atoms with Gasteiger partial charge in [0.25, 0.3) is 0 Å². The summed E-state index contributed by atoms with van der Waals surface area (Å²) in [7, 11) is 1.79. The Morgan fingerprint density at radius 2 is 0.900 bits per heavy atom. The summed E-state index contributed by atoms with van der Waals surface area (Å²) in [5.41, 5.74) is 2.37. The highest BCUT2D eigenvalue weighted by molar-refractivity contribution is 6.09. The highest BCUT2D eigenvalue weighted by Crippen LogP contribution is 2.17. The molecule has 7 heteroatoms. The third-order valence-corrected chi connectivity index (χ3v) is 6.23. The molecule has 0 saturated carbocycles. The van der Waals surface area contributed by atoms with Crippen LogP contribution in [0.4, 0.5) is 0 Å². The second-order valence-electron chi connectivity index (χ2n) is 9.59. The topological polar surface area (TPSA) is 96.3 Å². The molecule has 2 unspecified atom stereocenters. The number of carbonyl (C=O) groups is 2. The molecule has 0 saturated heterocycles. The van der Waals surface area contributed by atoms with Gasteiger partial charge in [0, 0.05) is 35.3 Å². The maximum absolute atomic E-state index is 12.5. The third kappa shape index (κ3) is 8.35. The van der Waals surface area contributed by atoms with Crippen molar-refractivity contribution in [1.82, 2.24) is 4.90 Å². The van der Waals surface area contributed by atoms with E-state index in [0.29, 0.717) is 33.8 Å². The zero-order valence-electron chi connectivity index (χ0n) is 22.4. The van der Waals surface area contributed by atoms with E-state index in [-0.39, 0.29) is 37.9 Å². The van der Waals surface area contributed by atoms with Crippen LogP contribution in [0.1, 0.15) is 31.8 Å². The number of ether oxygens (including phenoxy) is 2. The minimum atomic E-state index is -0.779. The lowest BCUT2D eigenvalue weighted by Crippen LogP contribution is -2.39. The molecule has 0 aliphatic rings. The van der Waals surface area contributed by atoms with E-state index in [0.717, 1.165) is 0 Å².